The van der Waals surface area contributed by atoms with Crippen LogP contribution >= 0.6 is 0 Å². The van der Waals surface area contributed by atoms with E-state index >= 15 is 0 Å². The van der Waals surface area contributed by atoms with Gasteiger partial charge in [-0.25, -0.2) is 9.18 Å². The van der Waals surface area contributed by atoms with Crippen LogP contribution in [0, 0.1) is 11.7 Å². The third-order valence-electron chi connectivity index (χ3n) is 5.40. The van der Waals surface area contributed by atoms with E-state index in [1.807, 2.05) is 0 Å². The lowest BCUT2D eigenvalue weighted by Crippen LogP contribution is -2.36. The van der Waals surface area contributed by atoms with Crippen LogP contribution in [0.2, 0.25) is 0 Å². The van der Waals surface area contributed by atoms with Crippen LogP contribution < -0.4 is 0 Å². The maximum Gasteiger partial charge on any atom is 0.356 e. The second-order valence-corrected chi connectivity index (χ2v) is 7.41. The van der Waals surface area contributed by atoms with Crippen molar-refractivity contribution in [2.24, 2.45) is 5.92 Å². The van der Waals surface area contributed by atoms with E-state index in [0.29, 0.717) is 44.0 Å². The van der Waals surface area contributed by atoms with Gasteiger partial charge < -0.3 is 10.0 Å². The van der Waals surface area contributed by atoms with Crippen molar-refractivity contribution in [3.63, 3.8) is 0 Å². The van der Waals surface area contributed by atoms with Gasteiger partial charge in [0.05, 0.1) is 6.54 Å². The first-order valence-corrected chi connectivity index (χ1v) is 9.35. The van der Waals surface area contributed by atoms with Gasteiger partial charge >= 0.3 is 5.97 Å². The van der Waals surface area contributed by atoms with Gasteiger partial charge in [0.25, 0.3) is 0 Å². The summed E-state index contributed by atoms with van der Waals surface area (Å²) in [5.74, 6) is -0.610. The number of nitrogens with zero attached hydrogens (tertiary/aromatic N) is 3. The molecular weight excluding hydrogens is 349 g/mol. The lowest BCUT2D eigenvalue weighted by molar-refractivity contribution is -0.132. The molecule has 7 heteroatoms. The second kappa shape index (κ2) is 7.13. The molecule has 4 rings (SSSR count). The monoisotopic (exact) mass is 371 g/mol. The number of carbonyl (C=O) groups is 2. The molecule has 1 amide bonds. The van der Waals surface area contributed by atoms with Gasteiger partial charge in [-0.2, -0.15) is 5.10 Å². The highest BCUT2D eigenvalue weighted by Crippen LogP contribution is 2.34. The summed E-state index contributed by atoms with van der Waals surface area (Å²) in [5.41, 5.74) is 2.33. The van der Waals surface area contributed by atoms with Gasteiger partial charge in [0.15, 0.2) is 5.69 Å². The number of fused-ring (bicyclic) bond motifs is 1. The zero-order chi connectivity index (χ0) is 19.0. The molecule has 1 aliphatic heterocycles. The molecule has 0 atom stereocenters. The molecule has 0 bridgehead atoms. The molecule has 2 aliphatic rings. The van der Waals surface area contributed by atoms with Crippen LogP contribution in [0.5, 0.6) is 0 Å². The van der Waals surface area contributed by atoms with Gasteiger partial charge in [0.1, 0.15) is 5.82 Å². The summed E-state index contributed by atoms with van der Waals surface area (Å²) in [6.45, 7) is 1.25. The number of carbonyl (C=O) groups excluding carboxylic acids is 1. The first-order valence-electron chi connectivity index (χ1n) is 9.35. The molecule has 2 heterocycles. The molecule has 1 aromatic heterocycles. The van der Waals surface area contributed by atoms with Gasteiger partial charge in [-0.1, -0.05) is 25.0 Å². The van der Waals surface area contributed by atoms with Crippen molar-refractivity contribution in [2.45, 2.75) is 45.2 Å². The SMILES string of the molecule is O=C(O)c1nn(Cc2ccc(F)cc2)c2c1CN(C(=O)CCC1CC1)CC2. The van der Waals surface area contributed by atoms with Crippen molar-refractivity contribution < 1.29 is 19.1 Å². The van der Waals surface area contributed by atoms with Crippen LogP contribution in [0.1, 0.15) is 53.0 Å². The van der Waals surface area contributed by atoms with Crippen molar-refractivity contribution in [1.29, 1.82) is 0 Å². The number of carboxylic acids is 1. The summed E-state index contributed by atoms with van der Waals surface area (Å²) in [7, 11) is 0. The Hall–Kier alpha value is -2.70. The lowest BCUT2D eigenvalue weighted by Gasteiger charge is -2.28. The summed E-state index contributed by atoms with van der Waals surface area (Å²) in [6, 6.07) is 6.09. The quantitative estimate of drug-likeness (QED) is 0.847. The molecule has 1 N–H and O–H groups in total. The molecule has 1 aliphatic carbocycles. The van der Waals surface area contributed by atoms with Gasteiger partial charge in [0.2, 0.25) is 5.91 Å². The van der Waals surface area contributed by atoms with E-state index in [2.05, 4.69) is 5.10 Å². The maximum absolute atomic E-state index is 13.1. The van der Waals surface area contributed by atoms with Gasteiger partial charge in [-0.05, 0) is 30.0 Å². The van der Waals surface area contributed by atoms with E-state index in [9.17, 15) is 19.1 Å². The zero-order valence-corrected chi connectivity index (χ0v) is 15.0. The third-order valence-corrected chi connectivity index (χ3v) is 5.40. The Morgan fingerprint density at radius 2 is 1.96 bits per heavy atom. The third kappa shape index (κ3) is 3.86. The van der Waals surface area contributed by atoms with Gasteiger partial charge in [-0.3, -0.25) is 9.48 Å². The largest absolute Gasteiger partial charge is 0.476 e. The summed E-state index contributed by atoms with van der Waals surface area (Å²) in [5, 5.41) is 13.8. The van der Waals surface area contributed by atoms with Crippen LogP contribution in [-0.4, -0.2) is 38.2 Å². The maximum atomic E-state index is 13.1. The van der Waals surface area contributed by atoms with Crippen LogP contribution in [0.3, 0.4) is 0 Å². The summed E-state index contributed by atoms with van der Waals surface area (Å²) < 4.78 is 14.8. The number of carboxylic acid groups (broad SMARTS) is 1. The Labute approximate surface area is 156 Å². The number of amides is 1. The molecule has 6 nitrogen and oxygen atoms in total. The Kier molecular flexibility index (Phi) is 4.68. The van der Waals surface area contributed by atoms with E-state index in [1.54, 1.807) is 21.7 Å². The number of hydrogen-bond acceptors (Lipinski definition) is 3. The number of benzene rings is 1. The summed E-state index contributed by atoms with van der Waals surface area (Å²) >= 11 is 0. The molecule has 1 saturated carbocycles. The summed E-state index contributed by atoms with van der Waals surface area (Å²) in [4.78, 5) is 25.9. The van der Waals surface area contributed by atoms with Crippen molar-refractivity contribution in [3.8, 4) is 0 Å². The minimum atomic E-state index is -1.09. The Morgan fingerprint density at radius 3 is 2.63 bits per heavy atom. The average molecular weight is 371 g/mol. The Bertz CT molecular complexity index is 871. The zero-order valence-electron chi connectivity index (χ0n) is 15.0. The topological polar surface area (TPSA) is 75.4 Å². The molecule has 0 spiro atoms. The molecule has 0 unspecified atom stereocenters. The highest BCUT2D eigenvalue weighted by molar-refractivity contribution is 5.88. The van der Waals surface area contributed by atoms with E-state index in [1.165, 1.54) is 25.0 Å². The molecular formula is C20H22FN3O3. The predicted molar refractivity (Wildman–Crippen MR) is 95.8 cm³/mol. The van der Waals surface area contributed by atoms with E-state index < -0.39 is 5.97 Å². The minimum absolute atomic E-state index is 0.00630. The molecule has 142 valence electrons. The smallest absolute Gasteiger partial charge is 0.356 e. The number of aromatic carboxylic acids is 1. The number of halogens is 1. The minimum Gasteiger partial charge on any atom is -0.476 e. The van der Waals surface area contributed by atoms with Gasteiger partial charge in [0, 0.05) is 37.2 Å². The van der Waals surface area contributed by atoms with Crippen molar-refractivity contribution in [3.05, 3.63) is 52.6 Å². The van der Waals surface area contributed by atoms with Crippen LogP contribution in [0.25, 0.3) is 0 Å². The normalized spacial score (nSPS) is 16.3. The lowest BCUT2D eigenvalue weighted by atomic mass is 10.0. The fourth-order valence-corrected chi connectivity index (χ4v) is 3.66. The number of aromatic nitrogens is 2. The van der Waals surface area contributed by atoms with Crippen LogP contribution in [0.4, 0.5) is 4.39 Å². The first kappa shape index (κ1) is 17.7. The molecule has 27 heavy (non-hydrogen) atoms. The standard InChI is InChI=1S/C20H22FN3O3/c21-15-6-3-14(4-7-15)11-24-17-9-10-23(18(25)8-5-13-1-2-13)12-16(17)19(22-24)20(26)27/h3-4,6-7,13H,1-2,5,8-12H2,(H,26,27). The molecule has 0 saturated heterocycles. The van der Waals surface area contributed by atoms with Gasteiger partial charge in [-0.15, -0.1) is 0 Å². The Balaban J connectivity index is 1.54. The Morgan fingerprint density at radius 1 is 1.22 bits per heavy atom. The molecule has 1 fully saturated rings. The van der Waals surface area contributed by atoms with E-state index in [0.717, 1.165) is 17.7 Å². The fraction of sp³-hybridized carbons (Fsp3) is 0.450. The van der Waals surface area contributed by atoms with Crippen LogP contribution in [0.15, 0.2) is 24.3 Å². The highest BCUT2D eigenvalue weighted by atomic mass is 19.1. The van der Waals surface area contributed by atoms with Crippen LogP contribution in [-0.2, 0) is 24.3 Å². The number of hydrogen-bond donors (Lipinski definition) is 1. The second-order valence-electron chi connectivity index (χ2n) is 7.41. The van der Waals surface area contributed by atoms with E-state index in [4.69, 9.17) is 0 Å². The molecule has 1 aromatic carbocycles. The highest BCUT2D eigenvalue weighted by Gasteiger charge is 2.31. The number of rotatable bonds is 6. The van der Waals surface area contributed by atoms with Crippen molar-refractivity contribution in [2.75, 3.05) is 6.54 Å². The summed E-state index contributed by atoms with van der Waals surface area (Å²) in [6.07, 6.45) is 4.48. The predicted octanol–water partition coefficient (Wildman–Crippen LogP) is 2.84. The molecule has 2 aromatic rings. The van der Waals surface area contributed by atoms with Crippen molar-refractivity contribution in [1.82, 2.24) is 14.7 Å². The average Bonchev–Trinajstić information content (AvgIpc) is 3.42. The van der Waals surface area contributed by atoms with E-state index in [-0.39, 0.29) is 17.4 Å². The first-order chi connectivity index (χ1) is 13.0. The molecule has 0 radical (unpaired) electrons. The van der Waals surface area contributed by atoms with Crippen molar-refractivity contribution >= 4 is 11.9 Å². The fourth-order valence-electron chi connectivity index (χ4n) is 3.66.